The lowest BCUT2D eigenvalue weighted by Crippen LogP contribution is -2.53. The van der Waals surface area contributed by atoms with Gasteiger partial charge in [0.25, 0.3) is 0 Å². The van der Waals surface area contributed by atoms with Crippen LogP contribution in [0.1, 0.15) is 32.1 Å². The van der Waals surface area contributed by atoms with E-state index in [4.69, 9.17) is 0 Å². The Morgan fingerprint density at radius 3 is 2.52 bits per heavy atom. The van der Waals surface area contributed by atoms with Crippen LogP contribution in [0.15, 0.2) is 24.3 Å². The van der Waals surface area contributed by atoms with E-state index in [1.54, 1.807) is 0 Å². The third-order valence-electron chi connectivity index (χ3n) is 5.21. The summed E-state index contributed by atoms with van der Waals surface area (Å²) >= 11 is 0. The summed E-state index contributed by atoms with van der Waals surface area (Å²) in [5, 5.41) is 8.12. The van der Waals surface area contributed by atoms with Crippen molar-refractivity contribution in [3.8, 4) is 0 Å². The monoisotopic (exact) mass is 313 g/mol. The van der Waals surface area contributed by atoms with Crippen molar-refractivity contribution in [3.63, 3.8) is 0 Å². The van der Waals surface area contributed by atoms with Crippen LogP contribution >= 0.6 is 0 Å². The highest BCUT2D eigenvalue weighted by atomic mass is 16.2. The van der Waals surface area contributed by atoms with Crippen molar-refractivity contribution in [1.82, 2.24) is 24.8 Å². The SMILES string of the molecule is O=C(N1CCN(C2CCCCC2)CC1)n1nnc2ccccc21. The lowest BCUT2D eigenvalue weighted by Gasteiger charge is -2.40. The van der Waals surface area contributed by atoms with Crippen molar-refractivity contribution < 1.29 is 4.79 Å². The van der Waals surface area contributed by atoms with Gasteiger partial charge in [-0.3, -0.25) is 4.90 Å². The van der Waals surface area contributed by atoms with Gasteiger partial charge in [0, 0.05) is 32.2 Å². The largest absolute Gasteiger partial charge is 0.346 e. The van der Waals surface area contributed by atoms with E-state index in [0.717, 1.165) is 43.3 Å². The van der Waals surface area contributed by atoms with E-state index >= 15 is 0 Å². The van der Waals surface area contributed by atoms with Crippen LogP contribution in [0.4, 0.5) is 4.79 Å². The summed E-state index contributed by atoms with van der Waals surface area (Å²) in [4.78, 5) is 17.2. The van der Waals surface area contributed by atoms with Gasteiger partial charge in [-0.05, 0) is 25.0 Å². The van der Waals surface area contributed by atoms with Crippen LogP contribution in [-0.4, -0.2) is 63.0 Å². The number of aromatic nitrogens is 3. The van der Waals surface area contributed by atoms with Crippen LogP contribution in [0.3, 0.4) is 0 Å². The van der Waals surface area contributed by atoms with Crippen LogP contribution in [0.25, 0.3) is 11.0 Å². The lowest BCUT2D eigenvalue weighted by atomic mass is 9.94. The highest BCUT2D eigenvalue weighted by molar-refractivity contribution is 5.87. The van der Waals surface area contributed by atoms with Crippen molar-refractivity contribution in [3.05, 3.63) is 24.3 Å². The minimum atomic E-state index is -0.0537. The maximum Gasteiger partial charge on any atom is 0.346 e. The molecule has 122 valence electrons. The Hall–Kier alpha value is -1.95. The van der Waals surface area contributed by atoms with E-state index < -0.39 is 0 Å². The van der Waals surface area contributed by atoms with Crippen molar-refractivity contribution in [1.29, 1.82) is 0 Å². The predicted molar refractivity (Wildman–Crippen MR) is 88.3 cm³/mol. The molecule has 0 radical (unpaired) electrons. The number of piperazine rings is 1. The van der Waals surface area contributed by atoms with Gasteiger partial charge in [-0.15, -0.1) is 5.10 Å². The molecule has 1 saturated carbocycles. The number of nitrogens with zero attached hydrogens (tertiary/aromatic N) is 5. The molecule has 1 amide bonds. The van der Waals surface area contributed by atoms with Crippen molar-refractivity contribution in [2.45, 2.75) is 38.1 Å². The first-order valence-electron chi connectivity index (χ1n) is 8.67. The summed E-state index contributed by atoms with van der Waals surface area (Å²) in [5.41, 5.74) is 1.55. The van der Waals surface area contributed by atoms with Gasteiger partial charge < -0.3 is 4.90 Å². The summed E-state index contributed by atoms with van der Waals surface area (Å²) in [6.07, 6.45) is 6.74. The van der Waals surface area contributed by atoms with E-state index in [1.165, 1.54) is 36.8 Å². The number of carbonyl (C=O) groups excluding carboxylic acids is 1. The fraction of sp³-hybridized carbons (Fsp3) is 0.588. The molecule has 1 aliphatic carbocycles. The Kier molecular flexibility index (Phi) is 3.99. The Bertz CT molecular complexity index is 683. The van der Waals surface area contributed by atoms with Gasteiger partial charge in [0.2, 0.25) is 0 Å². The van der Waals surface area contributed by atoms with Gasteiger partial charge in [-0.2, -0.15) is 4.68 Å². The second-order valence-corrected chi connectivity index (χ2v) is 6.59. The van der Waals surface area contributed by atoms with Gasteiger partial charge in [0.15, 0.2) is 0 Å². The number of rotatable bonds is 1. The lowest BCUT2D eigenvalue weighted by molar-refractivity contribution is 0.0903. The van der Waals surface area contributed by atoms with Crippen molar-refractivity contribution in [2.24, 2.45) is 0 Å². The molecule has 0 spiro atoms. The first-order valence-corrected chi connectivity index (χ1v) is 8.67. The number of hydrogen-bond acceptors (Lipinski definition) is 4. The minimum absolute atomic E-state index is 0.0537. The molecule has 1 aromatic heterocycles. The zero-order valence-corrected chi connectivity index (χ0v) is 13.4. The first-order chi connectivity index (χ1) is 11.3. The second-order valence-electron chi connectivity index (χ2n) is 6.59. The molecular formula is C17H23N5O. The summed E-state index contributed by atoms with van der Waals surface area (Å²) in [5.74, 6) is 0. The van der Waals surface area contributed by atoms with Gasteiger partial charge in [-0.25, -0.2) is 4.79 Å². The molecule has 6 nitrogen and oxygen atoms in total. The van der Waals surface area contributed by atoms with E-state index in [0.29, 0.717) is 0 Å². The number of para-hydroxylation sites is 1. The van der Waals surface area contributed by atoms with E-state index in [2.05, 4.69) is 15.2 Å². The number of benzene rings is 1. The first kappa shape index (κ1) is 14.6. The molecule has 1 aromatic carbocycles. The third-order valence-corrected chi connectivity index (χ3v) is 5.21. The molecule has 4 rings (SSSR count). The maximum atomic E-state index is 12.7. The zero-order chi connectivity index (χ0) is 15.6. The number of carbonyl (C=O) groups is 1. The fourth-order valence-corrected chi connectivity index (χ4v) is 3.87. The topological polar surface area (TPSA) is 54.3 Å². The third kappa shape index (κ3) is 2.83. The molecule has 2 heterocycles. The molecular weight excluding hydrogens is 290 g/mol. The van der Waals surface area contributed by atoms with Gasteiger partial charge in [0.05, 0.1) is 5.52 Å². The predicted octanol–water partition coefficient (Wildman–Crippen LogP) is 2.35. The quantitative estimate of drug-likeness (QED) is 0.811. The maximum absolute atomic E-state index is 12.7. The molecule has 23 heavy (non-hydrogen) atoms. The molecule has 1 saturated heterocycles. The Labute approximate surface area is 136 Å². The molecule has 2 aromatic rings. The van der Waals surface area contributed by atoms with E-state index in [1.807, 2.05) is 29.2 Å². The van der Waals surface area contributed by atoms with Crippen LogP contribution in [0, 0.1) is 0 Å². The van der Waals surface area contributed by atoms with Crippen molar-refractivity contribution in [2.75, 3.05) is 26.2 Å². The molecule has 0 unspecified atom stereocenters. The summed E-state index contributed by atoms with van der Waals surface area (Å²) in [6, 6.07) is 8.28. The molecule has 0 bridgehead atoms. The van der Waals surface area contributed by atoms with Gasteiger partial charge in [0.1, 0.15) is 5.52 Å². The number of fused-ring (bicyclic) bond motifs is 1. The molecule has 1 aliphatic heterocycles. The molecule has 0 atom stereocenters. The smallest absolute Gasteiger partial charge is 0.320 e. The minimum Gasteiger partial charge on any atom is -0.320 e. The molecule has 0 N–H and O–H groups in total. The van der Waals surface area contributed by atoms with Crippen LogP contribution in [-0.2, 0) is 0 Å². The molecule has 2 fully saturated rings. The number of hydrogen-bond donors (Lipinski definition) is 0. The van der Waals surface area contributed by atoms with Crippen molar-refractivity contribution >= 4 is 17.1 Å². The van der Waals surface area contributed by atoms with E-state index in [9.17, 15) is 4.79 Å². The van der Waals surface area contributed by atoms with Gasteiger partial charge >= 0.3 is 6.03 Å². The normalized spacial score (nSPS) is 21.0. The Morgan fingerprint density at radius 1 is 1.00 bits per heavy atom. The average molecular weight is 313 g/mol. The van der Waals surface area contributed by atoms with Crippen LogP contribution < -0.4 is 0 Å². The summed E-state index contributed by atoms with van der Waals surface area (Å²) < 4.78 is 1.44. The average Bonchev–Trinajstić information content (AvgIpc) is 3.06. The standard InChI is InChI=1S/C17H23N5O/c23-17(22-16-9-5-4-8-15(16)18-19-22)21-12-10-20(11-13-21)14-6-2-1-3-7-14/h4-5,8-9,14H,1-3,6-7,10-13H2. The summed E-state index contributed by atoms with van der Waals surface area (Å²) in [7, 11) is 0. The van der Waals surface area contributed by atoms with Crippen LogP contribution in [0.2, 0.25) is 0 Å². The van der Waals surface area contributed by atoms with E-state index in [-0.39, 0.29) is 6.03 Å². The molecule has 6 heteroatoms. The Balaban J connectivity index is 1.42. The summed E-state index contributed by atoms with van der Waals surface area (Å²) in [6.45, 7) is 3.51. The molecule has 2 aliphatic rings. The highest BCUT2D eigenvalue weighted by Crippen LogP contribution is 2.23. The highest BCUT2D eigenvalue weighted by Gasteiger charge is 2.28. The van der Waals surface area contributed by atoms with Gasteiger partial charge in [-0.1, -0.05) is 36.6 Å². The zero-order valence-electron chi connectivity index (χ0n) is 13.4. The fourth-order valence-electron chi connectivity index (χ4n) is 3.87. The Morgan fingerprint density at radius 2 is 1.74 bits per heavy atom. The number of amides is 1. The second kappa shape index (κ2) is 6.28. The van der Waals surface area contributed by atoms with Crippen LogP contribution in [0.5, 0.6) is 0 Å².